The highest BCUT2D eigenvalue weighted by molar-refractivity contribution is 6.01. The molecule has 3 nitrogen and oxygen atoms in total. The number of hydrogen-bond donors (Lipinski definition) is 0. The van der Waals surface area contributed by atoms with Crippen molar-refractivity contribution in [2.45, 2.75) is 19.8 Å². The van der Waals surface area contributed by atoms with Crippen LogP contribution in [0.2, 0.25) is 0 Å². The molecule has 1 amide bonds. The van der Waals surface area contributed by atoms with Gasteiger partial charge < -0.3 is 9.64 Å². The Morgan fingerprint density at radius 1 is 1.47 bits per heavy atom. The van der Waals surface area contributed by atoms with Crippen LogP contribution in [0.4, 0.5) is 5.69 Å². The Hall–Kier alpha value is -1.51. The second-order valence-corrected chi connectivity index (χ2v) is 3.77. The molecule has 0 aliphatic carbocycles. The van der Waals surface area contributed by atoms with Crippen molar-refractivity contribution in [2.75, 3.05) is 18.6 Å². The molecule has 1 aliphatic rings. The zero-order valence-electron chi connectivity index (χ0n) is 9.12. The van der Waals surface area contributed by atoms with Gasteiger partial charge in [-0.1, -0.05) is 6.92 Å². The highest BCUT2D eigenvalue weighted by Crippen LogP contribution is 2.30. The van der Waals surface area contributed by atoms with Crippen LogP contribution in [-0.2, 0) is 11.2 Å². The van der Waals surface area contributed by atoms with Gasteiger partial charge in [0.1, 0.15) is 5.75 Å². The maximum Gasteiger partial charge on any atom is 0.231 e. The van der Waals surface area contributed by atoms with Gasteiger partial charge in [-0.3, -0.25) is 4.79 Å². The Bertz CT molecular complexity index is 387. The summed E-state index contributed by atoms with van der Waals surface area (Å²) in [6.07, 6.45) is 1.49. The van der Waals surface area contributed by atoms with Crippen LogP contribution in [-0.4, -0.2) is 19.6 Å². The van der Waals surface area contributed by atoms with E-state index < -0.39 is 0 Å². The summed E-state index contributed by atoms with van der Waals surface area (Å²) in [7, 11) is 1.81. The van der Waals surface area contributed by atoms with Crippen molar-refractivity contribution in [1.82, 2.24) is 0 Å². The predicted molar refractivity (Wildman–Crippen MR) is 59.3 cm³/mol. The summed E-state index contributed by atoms with van der Waals surface area (Å²) < 4.78 is 5.52. The molecule has 0 fully saturated rings. The molecule has 80 valence electrons. The van der Waals surface area contributed by atoms with Gasteiger partial charge in [-0.05, 0) is 30.2 Å². The van der Waals surface area contributed by atoms with Gasteiger partial charge in [0.15, 0.2) is 0 Å². The summed E-state index contributed by atoms with van der Waals surface area (Å²) >= 11 is 0. The average molecular weight is 205 g/mol. The number of carbonyl (C=O) groups excluding carboxylic acids is 1. The fourth-order valence-corrected chi connectivity index (χ4v) is 1.76. The van der Waals surface area contributed by atoms with Crippen molar-refractivity contribution in [3.05, 3.63) is 23.8 Å². The molecule has 0 spiro atoms. The number of benzene rings is 1. The van der Waals surface area contributed by atoms with Crippen LogP contribution in [0.1, 0.15) is 18.9 Å². The third kappa shape index (κ3) is 1.82. The molecule has 0 N–H and O–H groups in total. The fraction of sp³-hybridized carbons (Fsp3) is 0.417. The molecule has 1 aliphatic heterocycles. The standard InChI is InChI=1S/C12H15NO2/c1-3-6-15-10-4-5-11-9(7-10)8-12(14)13(11)2/h4-5,7H,3,6,8H2,1-2H3. The van der Waals surface area contributed by atoms with Gasteiger partial charge in [-0.25, -0.2) is 0 Å². The molecule has 2 rings (SSSR count). The number of amides is 1. The van der Waals surface area contributed by atoms with Crippen molar-refractivity contribution >= 4 is 11.6 Å². The van der Waals surface area contributed by atoms with Crippen molar-refractivity contribution in [3.63, 3.8) is 0 Å². The van der Waals surface area contributed by atoms with E-state index in [1.807, 2.05) is 18.2 Å². The smallest absolute Gasteiger partial charge is 0.231 e. The van der Waals surface area contributed by atoms with Gasteiger partial charge in [-0.2, -0.15) is 0 Å². The van der Waals surface area contributed by atoms with Crippen LogP contribution in [0.3, 0.4) is 0 Å². The lowest BCUT2D eigenvalue weighted by atomic mass is 10.1. The summed E-state index contributed by atoms with van der Waals surface area (Å²) in [4.78, 5) is 13.1. The van der Waals surface area contributed by atoms with Crippen LogP contribution in [0.15, 0.2) is 18.2 Å². The second kappa shape index (κ2) is 3.93. The van der Waals surface area contributed by atoms with E-state index in [2.05, 4.69) is 6.92 Å². The first-order valence-electron chi connectivity index (χ1n) is 5.24. The van der Waals surface area contributed by atoms with Crippen molar-refractivity contribution in [2.24, 2.45) is 0 Å². The van der Waals surface area contributed by atoms with Crippen molar-refractivity contribution < 1.29 is 9.53 Å². The molecule has 0 radical (unpaired) electrons. The lowest BCUT2D eigenvalue weighted by molar-refractivity contribution is -0.117. The van der Waals surface area contributed by atoms with Crippen LogP contribution in [0.25, 0.3) is 0 Å². The van der Waals surface area contributed by atoms with Gasteiger partial charge in [0.25, 0.3) is 0 Å². The number of carbonyl (C=O) groups is 1. The Morgan fingerprint density at radius 2 is 2.27 bits per heavy atom. The van der Waals surface area contributed by atoms with E-state index in [9.17, 15) is 4.79 Å². The predicted octanol–water partition coefficient (Wildman–Crippen LogP) is 1.99. The van der Waals surface area contributed by atoms with Crippen LogP contribution < -0.4 is 9.64 Å². The second-order valence-electron chi connectivity index (χ2n) is 3.77. The monoisotopic (exact) mass is 205 g/mol. The summed E-state index contributed by atoms with van der Waals surface area (Å²) in [5.41, 5.74) is 2.07. The van der Waals surface area contributed by atoms with Crippen molar-refractivity contribution in [3.8, 4) is 5.75 Å². The van der Waals surface area contributed by atoms with Gasteiger partial charge in [0.05, 0.1) is 13.0 Å². The normalized spacial score (nSPS) is 14.3. The Kier molecular flexibility index (Phi) is 2.62. The van der Waals surface area contributed by atoms with Crippen molar-refractivity contribution in [1.29, 1.82) is 0 Å². The molecule has 15 heavy (non-hydrogen) atoms. The number of fused-ring (bicyclic) bond motifs is 1. The maximum atomic E-state index is 11.4. The van der Waals surface area contributed by atoms with E-state index in [1.165, 1.54) is 0 Å². The van der Waals surface area contributed by atoms with E-state index in [0.29, 0.717) is 6.42 Å². The lowest BCUT2D eigenvalue weighted by Crippen LogP contribution is -2.20. The van der Waals surface area contributed by atoms with Gasteiger partial charge in [0.2, 0.25) is 5.91 Å². The zero-order valence-corrected chi connectivity index (χ0v) is 9.12. The Balaban J connectivity index is 2.22. The van der Waals surface area contributed by atoms with Gasteiger partial charge >= 0.3 is 0 Å². The lowest BCUT2D eigenvalue weighted by Gasteiger charge is -2.10. The largest absolute Gasteiger partial charge is 0.494 e. The number of hydrogen-bond acceptors (Lipinski definition) is 2. The van der Waals surface area contributed by atoms with Crippen LogP contribution in [0, 0.1) is 0 Å². The molecule has 1 heterocycles. The molecule has 0 aromatic heterocycles. The highest BCUT2D eigenvalue weighted by atomic mass is 16.5. The number of anilines is 1. The molecule has 0 atom stereocenters. The van der Waals surface area contributed by atoms with Gasteiger partial charge in [0, 0.05) is 12.7 Å². The molecule has 3 heteroatoms. The van der Waals surface area contributed by atoms with E-state index in [-0.39, 0.29) is 5.91 Å². The third-order valence-electron chi connectivity index (χ3n) is 2.60. The van der Waals surface area contributed by atoms with E-state index in [0.717, 1.165) is 30.0 Å². The minimum absolute atomic E-state index is 0.151. The number of ether oxygens (including phenoxy) is 1. The van der Waals surface area contributed by atoms with E-state index in [4.69, 9.17) is 4.74 Å². The maximum absolute atomic E-state index is 11.4. The summed E-state index contributed by atoms with van der Waals surface area (Å²) in [5, 5.41) is 0. The number of nitrogens with zero attached hydrogens (tertiary/aromatic N) is 1. The Labute approximate surface area is 89.7 Å². The first-order valence-corrected chi connectivity index (χ1v) is 5.24. The molecule has 1 aromatic rings. The average Bonchev–Trinajstić information content (AvgIpc) is 2.52. The molecule has 0 saturated heterocycles. The molecule has 1 aromatic carbocycles. The van der Waals surface area contributed by atoms with Crippen LogP contribution in [0.5, 0.6) is 5.75 Å². The first kappa shape index (κ1) is 10.0. The molecule has 0 unspecified atom stereocenters. The molecular weight excluding hydrogens is 190 g/mol. The van der Waals surface area contributed by atoms with Gasteiger partial charge in [-0.15, -0.1) is 0 Å². The highest BCUT2D eigenvalue weighted by Gasteiger charge is 2.23. The molecule has 0 bridgehead atoms. The SMILES string of the molecule is CCCOc1ccc2c(c1)CC(=O)N2C. The number of rotatable bonds is 3. The summed E-state index contributed by atoms with van der Waals surface area (Å²) in [5.74, 6) is 1.01. The zero-order chi connectivity index (χ0) is 10.8. The van der Waals surface area contributed by atoms with E-state index >= 15 is 0 Å². The topological polar surface area (TPSA) is 29.5 Å². The first-order chi connectivity index (χ1) is 7.22. The quantitative estimate of drug-likeness (QED) is 0.755. The number of likely N-dealkylation sites (N-methyl/N-ethyl adjacent to an activating group) is 1. The minimum Gasteiger partial charge on any atom is -0.494 e. The minimum atomic E-state index is 0.151. The molecular formula is C12H15NO2. The third-order valence-corrected chi connectivity index (χ3v) is 2.60. The van der Waals surface area contributed by atoms with Crippen LogP contribution >= 0.6 is 0 Å². The molecule has 0 saturated carbocycles. The van der Waals surface area contributed by atoms with E-state index in [1.54, 1.807) is 11.9 Å². The Morgan fingerprint density at radius 3 is 3.00 bits per heavy atom. The fourth-order valence-electron chi connectivity index (χ4n) is 1.76. The summed E-state index contributed by atoms with van der Waals surface area (Å²) in [6, 6.07) is 5.83. The summed E-state index contributed by atoms with van der Waals surface area (Å²) in [6.45, 7) is 2.80.